The Bertz CT molecular complexity index is 964. The number of nitrogens with zero attached hydrogens (tertiary/aromatic N) is 4. The maximum atomic E-state index is 11.6. The van der Waals surface area contributed by atoms with Crippen LogP contribution in [0, 0.1) is 0 Å². The zero-order chi connectivity index (χ0) is 19.4. The molecule has 140 valence electrons. The highest BCUT2D eigenvalue weighted by Gasteiger charge is 2.17. The minimum absolute atomic E-state index is 0.628. The van der Waals surface area contributed by atoms with Crippen LogP contribution < -0.4 is 14.5 Å². The van der Waals surface area contributed by atoms with Gasteiger partial charge in [-0.2, -0.15) is 0 Å². The van der Waals surface area contributed by atoms with Gasteiger partial charge < -0.3 is 14.5 Å². The van der Waals surface area contributed by atoms with E-state index in [2.05, 4.69) is 9.97 Å². The SMILES string of the molecule is COc1ccc(N(C)/C=C\Cc2c(C=O)sc3ncnc(N(C)C)c23)cc1. The number of ether oxygens (including phenoxy) is 1. The van der Waals surface area contributed by atoms with Crippen molar-refractivity contribution in [2.75, 3.05) is 38.1 Å². The van der Waals surface area contributed by atoms with E-state index >= 15 is 0 Å². The van der Waals surface area contributed by atoms with Crippen LogP contribution in [0.3, 0.4) is 0 Å². The number of allylic oxidation sites excluding steroid dienone is 1. The molecule has 0 atom stereocenters. The lowest BCUT2D eigenvalue weighted by atomic mass is 10.1. The first kappa shape index (κ1) is 18.8. The summed E-state index contributed by atoms with van der Waals surface area (Å²) >= 11 is 1.41. The maximum absolute atomic E-state index is 11.6. The molecular formula is C20H22N4O2S. The van der Waals surface area contributed by atoms with Crippen LogP contribution in [-0.4, -0.2) is 44.5 Å². The van der Waals surface area contributed by atoms with Crippen molar-refractivity contribution in [1.29, 1.82) is 0 Å². The number of benzene rings is 1. The van der Waals surface area contributed by atoms with Gasteiger partial charge in [-0.25, -0.2) is 9.97 Å². The highest BCUT2D eigenvalue weighted by atomic mass is 32.1. The van der Waals surface area contributed by atoms with Crippen LogP contribution >= 0.6 is 11.3 Å². The molecule has 2 heterocycles. The number of hydrogen-bond donors (Lipinski definition) is 0. The number of rotatable bonds is 7. The van der Waals surface area contributed by atoms with Crippen LogP contribution in [-0.2, 0) is 6.42 Å². The molecule has 0 aliphatic carbocycles. The number of hydrogen-bond acceptors (Lipinski definition) is 7. The number of methoxy groups -OCH3 is 1. The zero-order valence-corrected chi connectivity index (χ0v) is 16.7. The molecule has 3 rings (SSSR count). The van der Waals surface area contributed by atoms with E-state index in [1.54, 1.807) is 13.4 Å². The summed E-state index contributed by atoms with van der Waals surface area (Å²) in [6, 6.07) is 7.85. The van der Waals surface area contributed by atoms with Crippen molar-refractivity contribution in [3.8, 4) is 5.75 Å². The van der Waals surface area contributed by atoms with E-state index in [0.717, 1.165) is 39.3 Å². The molecule has 0 fully saturated rings. The second kappa shape index (κ2) is 8.18. The smallest absolute Gasteiger partial charge is 0.160 e. The van der Waals surface area contributed by atoms with Crippen molar-refractivity contribution in [3.63, 3.8) is 0 Å². The summed E-state index contributed by atoms with van der Waals surface area (Å²) < 4.78 is 5.19. The Morgan fingerprint density at radius 2 is 1.89 bits per heavy atom. The molecule has 0 aliphatic rings. The summed E-state index contributed by atoms with van der Waals surface area (Å²) in [4.78, 5) is 25.8. The molecule has 0 radical (unpaired) electrons. The minimum atomic E-state index is 0.628. The Labute approximate surface area is 162 Å². The number of aldehydes is 1. The monoisotopic (exact) mass is 382 g/mol. The Morgan fingerprint density at radius 1 is 1.15 bits per heavy atom. The van der Waals surface area contributed by atoms with Crippen LogP contribution in [0.2, 0.25) is 0 Å². The highest BCUT2D eigenvalue weighted by molar-refractivity contribution is 7.20. The van der Waals surface area contributed by atoms with Crippen molar-refractivity contribution in [1.82, 2.24) is 9.97 Å². The van der Waals surface area contributed by atoms with E-state index in [9.17, 15) is 4.79 Å². The van der Waals surface area contributed by atoms with Gasteiger partial charge in [0.1, 0.15) is 22.7 Å². The summed E-state index contributed by atoms with van der Waals surface area (Å²) in [7, 11) is 7.52. The van der Waals surface area contributed by atoms with Gasteiger partial charge in [0.15, 0.2) is 6.29 Å². The molecule has 0 amide bonds. The largest absolute Gasteiger partial charge is 0.497 e. The van der Waals surface area contributed by atoms with E-state index in [4.69, 9.17) is 4.74 Å². The lowest BCUT2D eigenvalue weighted by Gasteiger charge is -2.15. The van der Waals surface area contributed by atoms with Crippen molar-refractivity contribution in [2.24, 2.45) is 0 Å². The third kappa shape index (κ3) is 3.93. The normalized spacial score (nSPS) is 11.1. The third-order valence-electron chi connectivity index (χ3n) is 4.26. The molecule has 3 aromatic rings. The molecule has 0 saturated carbocycles. The maximum Gasteiger partial charge on any atom is 0.160 e. The standard InChI is InChI=1S/C20H22N4O2S/c1-23(2)19-18-16(17(12-25)27-20(18)22-13-21-19)6-5-11-24(3)14-7-9-15(26-4)10-8-14/h5,7-13H,6H2,1-4H3/b11-5-. The number of carbonyl (C=O) groups is 1. The first-order valence-electron chi connectivity index (χ1n) is 8.47. The third-order valence-corrected chi connectivity index (χ3v) is 5.33. The van der Waals surface area contributed by atoms with E-state index in [1.807, 2.05) is 67.5 Å². The predicted molar refractivity (Wildman–Crippen MR) is 111 cm³/mol. The zero-order valence-electron chi connectivity index (χ0n) is 15.8. The summed E-state index contributed by atoms with van der Waals surface area (Å²) in [5, 5.41) is 0.950. The first-order valence-corrected chi connectivity index (χ1v) is 9.29. The lowest BCUT2D eigenvalue weighted by Crippen LogP contribution is -2.11. The second-order valence-corrected chi connectivity index (χ2v) is 7.26. The topological polar surface area (TPSA) is 58.6 Å². The lowest BCUT2D eigenvalue weighted by molar-refractivity contribution is 0.112. The number of carbonyl (C=O) groups excluding carboxylic acids is 1. The average Bonchev–Trinajstić information content (AvgIpc) is 3.05. The molecule has 27 heavy (non-hydrogen) atoms. The van der Waals surface area contributed by atoms with E-state index in [-0.39, 0.29) is 0 Å². The molecule has 0 unspecified atom stereocenters. The van der Waals surface area contributed by atoms with Crippen LogP contribution in [0.1, 0.15) is 15.2 Å². The van der Waals surface area contributed by atoms with Gasteiger partial charge in [-0.3, -0.25) is 4.79 Å². The fourth-order valence-electron chi connectivity index (χ4n) is 2.86. The summed E-state index contributed by atoms with van der Waals surface area (Å²) in [5.74, 6) is 1.66. The fourth-order valence-corrected chi connectivity index (χ4v) is 3.84. The van der Waals surface area contributed by atoms with E-state index in [0.29, 0.717) is 11.3 Å². The summed E-state index contributed by atoms with van der Waals surface area (Å²) in [6.45, 7) is 0. The van der Waals surface area contributed by atoms with Gasteiger partial charge in [-0.1, -0.05) is 6.08 Å². The minimum Gasteiger partial charge on any atom is -0.497 e. The molecule has 0 spiro atoms. The van der Waals surface area contributed by atoms with Crippen LogP contribution in [0.25, 0.3) is 10.2 Å². The number of anilines is 2. The Hall–Kier alpha value is -2.93. The van der Waals surface area contributed by atoms with Crippen LogP contribution in [0.15, 0.2) is 42.9 Å². The number of fused-ring (bicyclic) bond motifs is 1. The molecule has 0 bridgehead atoms. The number of thiophene rings is 1. The molecule has 1 aromatic carbocycles. The highest BCUT2D eigenvalue weighted by Crippen LogP contribution is 2.34. The van der Waals surface area contributed by atoms with E-state index in [1.165, 1.54) is 11.3 Å². The second-order valence-electron chi connectivity index (χ2n) is 6.23. The molecule has 2 aromatic heterocycles. The average molecular weight is 382 g/mol. The number of aromatic nitrogens is 2. The van der Waals surface area contributed by atoms with Crippen molar-refractivity contribution in [3.05, 3.63) is 53.3 Å². The van der Waals surface area contributed by atoms with Gasteiger partial charge in [0.2, 0.25) is 0 Å². The van der Waals surface area contributed by atoms with Crippen LogP contribution in [0.4, 0.5) is 11.5 Å². The Kier molecular flexibility index (Phi) is 5.71. The summed E-state index contributed by atoms with van der Waals surface area (Å²) in [5.41, 5.74) is 2.02. The Morgan fingerprint density at radius 3 is 2.52 bits per heavy atom. The van der Waals surface area contributed by atoms with Gasteiger partial charge in [0, 0.05) is 33.0 Å². The molecule has 6 nitrogen and oxygen atoms in total. The van der Waals surface area contributed by atoms with Crippen molar-refractivity contribution in [2.45, 2.75) is 6.42 Å². The van der Waals surface area contributed by atoms with Gasteiger partial charge in [0.25, 0.3) is 0 Å². The fraction of sp³-hybridized carbons (Fsp3) is 0.250. The van der Waals surface area contributed by atoms with Crippen LogP contribution in [0.5, 0.6) is 5.75 Å². The van der Waals surface area contributed by atoms with Gasteiger partial charge in [-0.05, 0) is 36.2 Å². The first-order chi connectivity index (χ1) is 13.0. The van der Waals surface area contributed by atoms with Gasteiger partial charge in [-0.15, -0.1) is 11.3 Å². The Balaban J connectivity index is 1.87. The van der Waals surface area contributed by atoms with Gasteiger partial charge in [0.05, 0.1) is 17.4 Å². The quantitative estimate of drug-likeness (QED) is 0.580. The molecule has 0 aliphatic heterocycles. The van der Waals surface area contributed by atoms with Crippen molar-refractivity contribution >= 4 is 39.3 Å². The molecular weight excluding hydrogens is 360 g/mol. The molecule has 7 heteroatoms. The molecule has 0 saturated heterocycles. The summed E-state index contributed by atoms with van der Waals surface area (Å²) in [6.07, 6.45) is 7.12. The predicted octanol–water partition coefficient (Wildman–Crippen LogP) is 3.77. The van der Waals surface area contributed by atoms with Gasteiger partial charge >= 0.3 is 0 Å². The molecule has 0 N–H and O–H groups in total. The van der Waals surface area contributed by atoms with Crippen molar-refractivity contribution < 1.29 is 9.53 Å². The van der Waals surface area contributed by atoms with E-state index < -0.39 is 0 Å².